The minimum Gasteiger partial charge on any atom is -0.477 e. The topological polar surface area (TPSA) is 92.9 Å². The molecule has 0 aliphatic heterocycles. The van der Waals surface area contributed by atoms with Gasteiger partial charge in [-0.2, -0.15) is 5.10 Å². The third kappa shape index (κ3) is 3.03. The molecule has 2 rings (SSSR count). The Kier molecular flexibility index (Phi) is 3.52. The highest BCUT2D eigenvalue weighted by molar-refractivity contribution is 5.85. The van der Waals surface area contributed by atoms with Crippen LogP contribution >= 0.6 is 0 Å². The van der Waals surface area contributed by atoms with E-state index in [4.69, 9.17) is 5.11 Å². The molecule has 7 heteroatoms. The van der Waals surface area contributed by atoms with Gasteiger partial charge in [-0.1, -0.05) is 0 Å². The molecule has 0 saturated heterocycles. The lowest BCUT2D eigenvalue weighted by atomic mass is 10.2. The van der Waals surface area contributed by atoms with Gasteiger partial charge < -0.3 is 10.4 Å². The Morgan fingerprint density at radius 2 is 2.39 bits per heavy atom. The molecular weight excluding hydrogens is 234 g/mol. The number of nitrogens with zero attached hydrogens (tertiary/aromatic N) is 4. The normalized spacial score (nSPS) is 10.3. The van der Waals surface area contributed by atoms with E-state index >= 15 is 0 Å². The number of carbonyl (C=O) groups is 1. The number of aryl methyl sites for hydroxylation is 1. The van der Waals surface area contributed by atoms with Gasteiger partial charge in [0.15, 0.2) is 5.69 Å². The van der Waals surface area contributed by atoms with Crippen molar-refractivity contribution in [3.05, 3.63) is 35.9 Å². The van der Waals surface area contributed by atoms with E-state index in [0.29, 0.717) is 12.5 Å². The molecule has 2 N–H and O–H groups in total. The highest BCUT2D eigenvalue weighted by Crippen LogP contribution is 2.02. The van der Waals surface area contributed by atoms with Crippen molar-refractivity contribution in [1.82, 2.24) is 19.7 Å². The van der Waals surface area contributed by atoms with Crippen molar-refractivity contribution in [2.75, 3.05) is 11.9 Å². The third-order valence-electron chi connectivity index (χ3n) is 2.33. The van der Waals surface area contributed by atoms with E-state index in [9.17, 15) is 4.79 Å². The molecule has 0 radical (unpaired) electrons. The molecule has 0 bridgehead atoms. The van der Waals surface area contributed by atoms with Gasteiger partial charge in [-0.05, 0) is 18.1 Å². The maximum atomic E-state index is 10.7. The van der Waals surface area contributed by atoms with Crippen LogP contribution in [0.5, 0.6) is 0 Å². The van der Waals surface area contributed by atoms with Crippen LogP contribution < -0.4 is 5.32 Å². The third-order valence-corrected chi connectivity index (χ3v) is 2.33. The average molecular weight is 247 g/mol. The summed E-state index contributed by atoms with van der Waals surface area (Å²) in [6.45, 7) is 0.620. The standard InChI is InChI=1S/C11H13N5O2/c1-16-7-8(6-14-16)2-4-12-11-13-5-3-9(15-11)10(17)18/h3,5-7H,2,4H2,1H3,(H,17,18)(H,12,13,15). The smallest absolute Gasteiger partial charge is 0.354 e. The largest absolute Gasteiger partial charge is 0.477 e. The number of aromatic nitrogens is 4. The first kappa shape index (κ1) is 12.0. The summed E-state index contributed by atoms with van der Waals surface area (Å²) in [5.41, 5.74) is 1.08. The van der Waals surface area contributed by atoms with Crippen molar-refractivity contribution >= 4 is 11.9 Å². The molecule has 0 amide bonds. The summed E-state index contributed by atoms with van der Waals surface area (Å²) in [5, 5.41) is 15.8. The molecule has 0 atom stereocenters. The lowest BCUT2D eigenvalue weighted by Gasteiger charge is -2.03. The monoisotopic (exact) mass is 247 g/mol. The number of anilines is 1. The van der Waals surface area contributed by atoms with Crippen LogP contribution in [0.2, 0.25) is 0 Å². The number of aromatic carboxylic acids is 1. The fourth-order valence-corrected chi connectivity index (χ4v) is 1.48. The number of nitrogens with one attached hydrogen (secondary N) is 1. The van der Waals surface area contributed by atoms with Gasteiger partial charge in [-0.25, -0.2) is 14.8 Å². The Bertz CT molecular complexity index is 552. The van der Waals surface area contributed by atoms with Crippen molar-refractivity contribution in [2.45, 2.75) is 6.42 Å². The van der Waals surface area contributed by atoms with E-state index in [1.165, 1.54) is 12.3 Å². The summed E-state index contributed by atoms with van der Waals surface area (Å²) in [4.78, 5) is 18.5. The molecule has 2 heterocycles. The molecule has 2 aromatic heterocycles. The molecule has 0 unspecified atom stereocenters. The van der Waals surface area contributed by atoms with Crippen molar-refractivity contribution in [3.63, 3.8) is 0 Å². The fraction of sp³-hybridized carbons (Fsp3) is 0.273. The van der Waals surface area contributed by atoms with Crippen LogP contribution in [0, 0.1) is 0 Å². The highest BCUT2D eigenvalue weighted by atomic mass is 16.4. The molecular formula is C11H13N5O2. The van der Waals surface area contributed by atoms with Gasteiger partial charge in [0, 0.05) is 26.0 Å². The zero-order valence-electron chi connectivity index (χ0n) is 9.87. The summed E-state index contributed by atoms with van der Waals surface area (Å²) in [6, 6.07) is 1.36. The SMILES string of the molecule is Cn1cc(CCNc2nccc(C(=O)O)n2)cn1. The minimum atomic E-state index is -1.06. The van der Waals surface area contributed by atoms with Crippen LogP contribution in [0.25, 0.3) is 0 Å². The quantitative estimate of drug-likeness (QED) is 0.802. The molecule has 0 spiro atoms. The zero-order chi connectivity index (χ0) is 13.0. The predicted octanol–water partition coefficient (Wildman–Crippen LogP) is 0.563. The average Bonchev–Trinajstić information content (AvgIpc) is 2.75. The zero-order valence-corrected chi connectivity index (χ0v) is 9.87. The van der Waals surface area contributed by atoms with Crippen molar-refractivity contribution in [2.24, 2.45) is 7.05 Å². The van der Waals surface area contributed by atoms with Gasteiger partial charge in [0.2, 0.25) is 5.95 Å². The maximum absolute atomic E-state index is 10.7. The maximum Gasteiger partial charge on any atom is 0.354 e. The van der Waals surface area contributed by atoms with Crippen LogP contribution in [-0.4, -0.2) is 37.4 Å². The first-order valence-corrected chi connectivity index (χ1v) is 5.43. The number of carboxylic acids is 1. The molecule has 0 aliphatic carbocycles. The molecule has 0 aromatic carbocycles. The van der Waals surface area contributed by atoms with Crippen LogP contribution in [0.1, 0.15) is 16.1 Å². The molecule has 94 valence electrons. The second-order valence-electron chi connectivity index (χ2n) is 3.77. The van der Waals surface area contributed by atoms with Crippen LogP contribution in [0.3, 0.4) is 0 Å². The van der Waals surface area contributed by atoms with Crippen LogP contribution in [0.4, 0.5) is 5.95 Å². The van der Waals surface area contributed by atoms with Gasteiger partial charge in [-0.3, -0.25) is 4.68 Å². The Morgan fingerprint density at radius 1 is 1.56 bits per heavy atom. The van der Waals surface area contributed by atoms with Crippen molar-refractivity contribution in [3.8, 4) is 0 Å². The van der Waals surface area contributed by atoms with Crippen molar-refractivity contribution in [1.29, 1.82) is 0 Å². The molecule has 0 aliphatic rings. The van der Waals surface area contributed by atoms with E-state index in [1.54, 1.807) is 10.9 Å². The van der Waals surface area contributed by atoms with E-state index < -0.39 is 5.97 Å². The second-order valence-corrected chi connectivity index (χ2v) is 3.77. The fourth-order valence-electron chi connectivity index (χ4n) is 1.48. The number of hydrogen-bond acceptors (Lipinski definition) is 5. The summed E-state index contributed by atoms with van der Waals surface area (Å²) < 4.78 is 1.73. The molecule has 7 nitrogen and oxygen atoms in total. The minimum absolute atomic E-state index is 0.0196. The number of hydrogen-bond donors (Lipinski definition) is 2. The van der Waals surface area contributed by atoms with Gasteiger partial charge in [0.1, 0.15) is 0 Å². The lowest BCUT2D eigenvalue weighted by molar-refractivity contribution is 0.0690. The lowest BCUT2D eigenvalue weighted by Crippen LogP contribution is -2.10. The summed E-state index contributed by atoms with van der Waals surface area (Å²) in [6.07, 6.45) is 5.91. The Hall–Kier alpha value is -2.44. The number of carboxylic acid groups (broad SMARTS) is 1. The molecule has 0 fully saturated rings. The highest BCUT2D eigenvalue weighted by Gasteiger charge is 2.05. The molecule has 2 aromatic rings. The van der Waals surface area contributed by atoms with Crippen LogP contribution in [0.15, 0.2) is 24.7 Å². The van der Waals surface area contributed by atoms with Gasteiger partial charge >= 0.3 is 5.97 Å². The summed E-state index contributed by atoms with van der Waals surface area (Å²) >= 11 is 0. The summed E-state index contributed by atoms with van der Waals surface area (Å²) in [5.74, 6) is -0.744. The van der Waals surface area contributed by atoms with Gasteiger partial charge in [0.25, 0.3) is 0 Å². The Labute approximate surface area is 104 Å². The van der Waals surface area contributed by atoms with E-state index in [0.717, 1.165) is 12.0 Å². The second kappa shape index (κ2) is 5.26. The van der Waals surface area contributed by atoms with Gasteiger partial charge in [-0.15, -0.1) is 0 Å². The van der Waals surface area contributed by atoms with Gasteiger partial charge in [0.05, 0.1) is 6.20 Å². The Balaban J connectivity index is 1.90. The van der Waals surface area contributed by atoms with Crippen molar-refractivity contribution < 1.29 is 9.90 Å². The Morgan fingerprint density at radius 3 is 3.06 bits per heavy atom. The van der Waals surface area contributed by atoms with E-state index in [2.05, 4.69) is 20.4 Å². The molecule has 18 heavy (non-hydrogen) atoms. The first-order valence-electron chi connectivity index (χ1n) is 5.43. The first-order chi connectivity index (χ1) is 8.65. The number of rotatable bonds is 5. The van der Waals surface area contributed by atoms with E-state index in [-0.39, 0.29) is 5.69 Å². The van der Waals surface area contributed by atoms with Crippen LogP contribution in [-0.2, 0) is 13.5 Å². The summed E-state index contributed by atoms with van der Waals surface area (Å²) in [7, 11) is 1.86. The molecule has 0 saturated carbocycles. The van der Waals surface area contributed by atoms with E-state index in [1.807, 2.05) is 13.2 Å². The predicted molar refractivity (Wildman–Crippen MR) is 64.4 cm³/mol.